The molecule has 6 amide bonds. The molecule has 796 valence electrons. The van der Waals surface area contributed by atoms with Crippen molar-refractivity contribution in [2.45, 2.75) is 129 Å². The van der Waals surface area contributed by atoms with E-state index < -0.39 is 129 Å². The predicted molar refractivity (Wildman–Crippen MR) is 554 cm³/mol. The highest BCUT2D eigenvalue weighted by Gasteiger charge is 2.40. The van der Waals surface area contributed by atoms with E-state index in [4.69, 9.17) is 81.7 Å². The number of anilines is 4. The van der Waals surface area contributed by atoms with Gasteiger partial charge >= 0.3 is 22.6 Å². The number of carbonyl (C=O) groups is 6. The van der Waals surface area contributed by atoms with E-state index in [1.54, 1.807) is 152 Å². The van der Waals surface area contributed by atoms with E-state index in [2.05, 4.69) is 48.6 Å². The summed E-state index contributed by atoms with van der Waals surface area (Å²) in [6.45, 7) is 13.7. The molecule has 1 aliphatic heterocycles. The van der Waals surface area contributed by atoms with Gasteiger partial charge in [0.15, 0.2) is 22.7 Å². The van der Waals surface area contributed by atoms with E-state index in [1.807, 2.05) is 49.9 Å². The first-order chi connectivity index (χ1) is 69.6. The third-order valence-corrected chi connectivity index (χ3v) is 25.6. The van der Waals surface area contributed by atoms with Gasteiger partial charge in [0.05, 0.1) is 41.1 Å². The summed E-state index contributed by atoms with van der Waals surface area (Å²) in [5.74, 6) is -2.81. The Kier molecular flexibility index (Phi) is 37.6. The number of alkyl halides is 6. The van der Waals surface area contributed by atoms with Crippen LogP contribution in [0.3, 0.4) is 0 Å². The topological polar surface area (TPSA) is 693 Å². The second-order valence-electron chi connectivity index (χ2n) is 34.2. The summed E-state index contributed by atoms with van der Waals surface area (Å²) in [6, 6.07) is 39.1. The number of aryl methyl sites for hydroxylation is 2. The molecule has 4 atom stereocenters. The van der Waals surface area contributed by atoms with Crippen molar-refractivity contribution in [1.82, 2.24) is 33.4 Å². The van der Waals surface area contributed by atoms with Crippen LogP contribution >= 0.6 is 22.6 Å². The van der Waals surface area contributed by atoms with Crippen LogP contribution in [0.25, 0.3) is 32.9 Å². The van der Waals surface area contributed by atoms with E-state index in [-0.39, 0.29) is 89.5 Å². The number of nitrogens with one attached hydrogen (secondary N) is 13. The molecule has 0 bridgehead atoms. The standard InChI is InChI=1S/C31H29F6N5O6S.C23H27IN6O5S.C21H25N5O6S.C21H27N5O4S/c1-3-5-23-13-18-10-17(14-24(47-4-2)26(18)48-23)25(29(44)42-49(39,45)46)40-22-8-6-16(7-9-22)27(38)41-28(43)19-11-20(30(32,33)34)15-21(12-19)31(35,36)37;1-13(31)30(4)12-18-10-16-9-15(11-19(24)21(16)35-18)20(23(32)28-36(33,34)29(2)3)27-17-7-5-14(6-8-17)22(25)26;1-2-31-17-11-13(9-14-10-16(7-8-27)32-19(14)17)18(21(28)26-33(24,29)30)25-15-5-3-12(4-6-15)20(22)23;1-4-12-9-14(10-15-11-21(2,3)30-18(12)15)17(20(27)26-31(24,28)29)25-16-7-5-13(6-8-16)19(22)23/h6-15,25,40H,3-5H2,1-2H3,(H,42,44)(H2,38,41,43)(H2,39,45,46);5-11,20,27H,12H2,1-4H3,(H3,25,26)(H,28,32);3-6,9-11,18,25,27H,2,7-8H2,1H3,(H3,22,23)(H,26,28)(H2,24,29,30);5-10,17,25H,4,11H2,1-3H3,(H3,22,23)(H,26,27)(H2,24,28,29). The fraction of sp³-hybridized carbons (Fsp3) is 0.271. The number of halogens is 7. The number of amides is 6. The van der Waals surface area contributed by atoms with Crippen LogP contribution in [-0.4, -0.2) is 153 Å². The molecule has 26 N–H and O–H groups in total. The van der Waals surface area contributed by atoms with Crippen LogP contribution in [-0.2, 0) is 109 Å². The van der Waals surface area contributed by atoms with E-state index in [0.29, 0.717) is 142 Å². The van der Waals surface area contributed by atoms with Crippen molar-refractivity contribution in [1.29, 1.82) is 21.6 Å². The van der Waals surface area contributed by atoms with E-state index in [0.717, 1.165) is 27.6 Å². The lowest BCUT2D eigenvalue weighted by molar-refractivity contribution is -0.143. The van der Waals surface area contributed by atoms with Gasteiger partial charge in [0, 0.05) is 114 Å². The molecular formula is C96H108F6IN21O21S4. The SMILES string of the molecule is CC(=O)N(C)Cc1cc2cc(C(Nc3ccc(C(=N)N)cc3)C(=O)NS(=O)(=O)N(C)C)cc(I)c2o1.CCCc1cc2cc(C(Nc3ccc(C(=N)NC(=O)c4cc(C(F)(F)F)cc(C(F)(F)F)c4)cc3)C(=O)NS(N)(=O)=O)cc(OCC)c2o1.CCOc1cc(C(Nc2ccc(C(=N)N)cc2)C(=O)NS(N)(=O)=O)cc2cc(CCO)oc12.CCc1cc(C(Nc2ccc(C(=N)N)cc2)C(=O)NS(N)(=O)=O)cc2c1OC(C)(C)C2. The minimum Gasteiger partial charge on any atom is -0.490 e. The maximum atomic E-state index is 13.2. The second kappa shape index (κ2) is 48.3. The lowest BCUT2D eigenvalue weighted by Crippen LogP contribution is -2.43. The van der Waals surface area contributed by atoms with Crippen molar-refractivity contribution >= 4 is 178 Å². The molecule has 9 aromatic carbocycles. The number of hydrogen-bond acceptors (Lipinski definition) is 29. The third-order valence-electron chi connectivity index (χ3n) is 21.9. The fourth-order valence-corrected chi connectivity index (χ4v) is 17.5. The summed E-state index contributed by atoms with van der Waals surface area (Å²) in [5.41, 5.74) is 20.1. The molecule has 3 aromatic heterocycles. The first-order valence-corrected chi connectivity index (χ1v) is 52.0. The molecule has 53 heteroatoms. The van der Waals surface area contributed by atoms with Crippen molar-refractivity contribution in [2.75, 3.05) is 62.2 Å². The molecule has 0 saturated heterocycles. The Bertz CT molecular complexity index is 7540. The maximum absolute atomic E-state index is 13.2. The van der Waals surface area contributed by atoms with E-state index in [9.17, 15) is 93.9 Å². The fourth-order valence-electron chi connectivity index (χ4n) is 14.9. The number of hydrogen-bond donors (Lipinski definition) is 20. The number of nitrogens with zero attached hydrogens (tertiary/aromatic N) is 2. The number of furan rings is 3. The Morgan fingerprint density at radius 1 is 0.477 bits per heavy atom. The molecule has 4 unspecified atom stereocenters. The molecule has 42 nitrogen and oxygen atoms in total. The number of benzene rings is 9. The molecule has 1 aliphatic rings. The van der Waals surface area contributed by atoms with Gasteiger partial charge < -0.3 is 81.3 Å². The number of rotatable bonds is 37. The van der Waals surface area contributed by atoms with Gasteiger partial charge in [-0.15, -0.1) is 0 Å². The average Bonchev–Trinajstić information content (AvgIpc) is 1.62. The van der Waals surface area contributed by atoms with Crippen molar-refractivity contribution in [3.63, 3.8) is 0 Å². The highest BCUT2D eigenvalue weighted by Crippen LogP contribution is 2.43. The smallest absolute Gasteiger partial charge is 0.416 e. The summed E-state index contributed by atoms with van der Waals surface area (Å²) in [4.78, 5) is 77.8. The van der Waals surface area contributed by atoms with E-state index >= 15 is 0 Å². The molecule has 0 radical (unpaired) electrons. The van der Waals surface area contributed by atoms with Crippen LogP contribution in [0.4, 0.5) is 49.1 Å². The summed E-state index contributed by atoms with van der Waals surface area (Å²) >= 11 is 2.08. The maximum Gasteiger partial charge on any atom is 0.416 e. The predicted octanol–water partition coefficient (Wildman–Crippen LogP) is 11.3. The first kappa shape index (κ1) is 116. The number of aliphatic hydroxyl groups excluding tert-OH is 1. The van der Waals surface area contributed by atoms with E-state index in [1.165, 1.54) is 56.3 Å². The van der Waals surface area contributed by atoms with Crippen molar-refractivity contribution in [2.24, 2.45) is 32.6 Å². The van der Waals surface area contributed by atoms with Crippen LogP contribution in [0.5, 0.6) is 17.2 Å². The minimum absolute atomic E-state index is 0.0191. The molecule has 149 heavy (non-hydrogen) atoms. The molecule has 0 saturated carbocycles. The Hall–Kier alpha value is -15.0. The zero-order valence-corrected chi connectivity index (χ0v) is 86.7. The summed E-state index contributed by atoms with van der Waals surface area (Å²) in [6.07, 6.45) is -7.29. The number of carbonyl (C=O) groups excluding carboxylic acids is 6. The van der Waals surface area contributed by atoms with Gasteiger partial charge in [-0.2, -0.15) is 64.3 Å². The van der Waals surface area contributed by atoms with Crippen LogP contribution in [0.1, 0.15) is 173 Å². The van der Waals surface area contributed by atoms with Crippen LogP contribution in [0.15, 0.2) is 195 Å². The Morgan fingerprint density at radius 2 is 0.832 bits per heavy atom. The quantitative estimate of drug-likeness (QED) is 0.00744. The molecule has 0 aliphatic carbocycles. The lowest BCUT2D eigenvalue weighted by Gasteiger charge is -2.22. The van der Waals surface area contributed by atoms with Gasteiger partial charge in [-0.3, -0.25) is 50.4 Å². The monoisotopic (exact) mass is 2260 g/mol. The Balaban J connectivity index is 0.000000207. The van der Waals surface area contributed by atoms with Gasteiger partial charge in [0.1, 0.15) is 81.7 Å². The number of aliphatic hydroxyl groups is 1. The summed E-state index contributed by atoms with van der Waals surface area (Å²) in [5, 5.41) is 70.9. The Morgan fingerprint density at radius 3 is 1.18 bits per heavy atom. The van der Waals surface area contributed by atoms with Gasteiger partial charge in [0.25, 0.3) is 60.2 Å². The van der Waals surface area contributed by atoms with Crippen molar-refractivity contribution in [3.8, 4) is 17.2 Å². The largest absolute Gasteiger partial charge is 0.490 e. The molecular weight excluding hydrogens is 2150 g/mol. The van der Waals surface area contributed by atoms with Crippen LogP contribution in [0, 0.1) is 25.2 Å². The highest BCUT2D eigenvalue weighted by molar-refractivity contribution is 14.1. The molecule has 0 spiro atoms. The van der Waals surface area contributed by atoms with Crippen molar-refractivity contribution < 1.29 is 121 Å². The zero-order valence-electron chi connectivity index (χ0n) is 81.2. The second-order valence-corrected chi connectivity index (χ2v) is 41.2. The van der Waals surface area contributed by atoms with Gasteiger partial charge in [-0.1, -0.05) is 13.8 Å². The minimum atomic E-state index is -5.18. The number of amidine groups is 4. The van der Waals surface area contributed by atoms with Crippen molar-refractivity contribution in [3.05, 3.63) is 275 Å². The highest BCUT2D eigenvalue weighted by atomic mass is 127. The molecule has 4 heterocycles. The molecule has 13 rings (SSSR count). The average molecular weight is 2260 g/mol. The number of nitrogen functional groups attached to an aromatic ring is 3. The van der Waals surface area contributed by atoms with Gasteiger partial charge in [-0.05, 0) is 278 Å². The Labute approximate surface area is 865 Å². The third kappa shape index (κ3) is 32.0. The molecule has 0 fully saturated rings. The molecule has 12 aromatic rings. The van der Waals surface area contributed by atoms with Gasteiger partial charge in [0.2, 0.25) is 5.91 Å². The normalized spacial score (nSPS) is 13.1. The summed E-state index contributed by atoms with van der Waals surface area (Å²) < 4.78 is 218. The number of nitrogens with two attached hydrogens (primary N) is 6. The van der Waals surface area contributed by atoms with Crippen LogP contribution in [0.2, 0.25) is 0 Å². The first-order valence-electron chi connectivity index (χ1n) is 44.8. The zero-order chi connectivity index (χ0) is 110. The number of fused-ring (bicyclic) bond motifs is 4. The van der Waals surface area contributed by atoms with Gasteiger partial charge in [-0.25, -0.2) is 34.3 Å². The summed E-state index contributed by atoms with van der Waals surface area (Å²) in [7, 11) is -12.8. The number of ether oxygens (including phenoxy) is 3. The van der Waals surface area contributed by atoms with Crippen LogP contribution < -0.4 is 92.3 Å². The lowest BCUT2D eigenvalue weighted by atomic mass is 9.94.